The molecule has 1 saturated heterocycles. The molecule has 1 heterocycles. The van der Waals surface area contributed by atoms with Crippen molar-refractivity contribution in [3.63, 3.8) is 0 Å². The van der Waals surface area contributed by atoms with Crippen molar-refractivity contribution in [2.75, 3.05) is 46.4 Å². The Labute approximate surface area is 146 Å². The minimum absolute atomic E-state index is 0.0288. The van der Waals surface area contributed by atoms with Gasteiger partial charge in [0.15, 0.2) is 0 Å². The van der Waals surface area contributed by atoms with Crippen molar-refractivity contribution < 1.29 is 14.3 Å². The predicted molar refractivity (Wildman–Crippen MR) is 93.8 cm³/mol. The first-order valence-electron chi connectivity index (χ1n) is 9.34. The van der Waals surface area contributed by atoms with Crippen molar-refractivity contribution in [1.29, 1.82) is 0 Å². The molecule has 138 valence electrons. The van der Waals surface area contributed by atoms with E-state index in [1.165, 1.54) is 25.7 Å². The van der Waals surface area contributed by atoms with Gasteiger partial charge in [0, 0.05) is 32.2 Å². The third-order valence-corrected chi connectivity index (χ3v) is 5.07. The molecule has 0 radical (unpaired) electrons. The van der Waals surface area contributed by atoms with Gasteiger partial charge in [-0.15, -0.1) is 0 Å². The van der Waals surface area contributed by atoms with E-state index in [4.69, 9.17) is 4.74 Å². The third-order valence-electron chi connectivity index (χ3n) is 5.07. The van der Waals surface area contributed by atoms with Crippen molar-refractivity contribution in [1.82, 2.24) is 14.7 Å². The van der Waals surface area contributed by atoms with Crippen LogP contribution in [0.1, 0.15) is 46.0 Å². The first-order chi connectivity index (χ1) is 11.5. The van der Waals surface area contributed by atoms with Gasteiger partial charge in [0.1, 0.15) is 6.61 Å². The van der Waals surface area contributed by atoms with Crippen LogP contribution in [0.15, 0.2) is 0 Å². The summed E-state index contributed by atoms with van der Waals surface area (Å²) in [5.41, 5.74) is 0. The number of carbonyl (C=O) groups is 2. The van der Waals surface area contributed by atoms with E-state index in [2.05, 4.69) is 11.9 Å². The summed E-state index contributed by atoms with van der Waals surface area (Å²) in [6.07, 6.45) is 5.88. The summed E-state index contributed by atoms with van der Waals surface area (Å²) in [5, 5.41) is 0. The molecule has 0 aromatic rings. The average Bonchev–Trinajstić information content (AvgIpc) is 2.97. The maximum atomic E-state index is 12.6. The molecular weight excluding hydrogens is 306 g/mol. The van der Waals surface area contributed by atoms with Gasteiger partial charge in [0.05, 0.1) is 12.6 Å². The van der Waals surface area contributed by atoms with E-state index in [0.29, 0.717) is 32.2 Å². The molecule has 0 N–H and O–H groups in total. The van der Waals surface area contributed by atoms with Crippen molar-refractivity contribution in [3.05, 3.63) is 0 Å². The lowest BCUT2D eigenvalue weighted by molar-refractivity contribution is -0.138. The molecule has 0 unspecified atom stereocenters. The zero-order valence-electron chi connectivity index (χ0n) is 15.5. The largest absolute Gasteiger partial charge is 0.369 e. The van der Waals surface area contributed by atoms with Crippen LogP contribution in [0.25, 0.3) is 0 Å². The summed E-state index contributed by atoms with van der Waals surface area (Å²) in [6.45, 7) is 7.18. The van der Waals surface area contributed by atoms with Crippen LogP contribution in [-0.2, 0) is 14.3 Å². The molecule has 2 rings (SSSR count). The van der Waals surface area contributed by atoms with Gasteiger partial charge in [0.25, 0.3) is 0 Å². The van der Waals surface area contributed by atoms with Gasteiger partial charge in [-0.05, 0) is 40.2 Å². The molecule has 6 nitrogen and oxygen atoms in total. The number of ether oxygens (including phenoxy) is 1. The van der Waals surface area contributed by atoms with Crippen LogP contribution in [0, 0.1) is 0 Å². The fraction of sp³-hybridized carbons (Fsp3) is 0.889. The maximum Gasteiger partial charge on any atom is 0.248 e. The zero-order chi connectivity index (χ0) is 17.5. The molecule has 2 aliphatic rings. The number of hydrogen-bond donors (Lipinski definition) is 0. The molecule has 0 bridgehead atoms. The number of likely N-dealkylation sites (N-methyl/N-ethyl adjacent to an activating group) is 1. The molecule has 24 heavy (non-hydrogen) atoms. The highest BCUT2D eigenvalue weighted by Gasteiger charge is 2.25. The summed E-state index contributed by atoms with van der Waals surface area (Å²) >= 11 is 0. The van der Waals surface area contributed by atoms with Crippen LogP contribution in [0.3, 0.4) is 0 Å². The lowest BCUT2D eigenvalue weighted by atomic mass is 10.2. The molecule has 2 fully saturated rings. The number of carbonyl (C=O) groups excluding carboxylic acids is 2. The molecule has 2 amide bonds. The van der Waals surface area contributed by atoms with Gasteiger partial charge in [-0.3, -0.25) is 14.5 Å². The first-order valence-corrected chi connectivity index (χ1v) is 9.34. The van der Waals surface area contributed by atoms with Crippen LogP contribution in [0.4, 0.5) is 0 Å². The average molecular weight is 339 g/mol. The van der Waals surface area contributed by atoms with Crippen LogP contribution in [0.5, 0.6) is 0 Å². The van der Waals surface area contributed by atoms with E-state index >= 15 is 0 Å². The quantitative estimate of drug-likeness (QED) is 0.733. The highest BCUT2D eigenvalue weighted by atomic mass is 16.5. The Morgan fingerprint density at radius 2 is 1.58 bits per heavy atom. The molecule has 0 atom stereocenters. The minimum Gasteiger partial charge on any atom is -0.369 e. The second-order valence-electron chi connectivity index (χ2n) is 7.33. The second kappa shape index (κ2) is 9.37. The Morgan fingerprint density at radius 3 is 2.17 bits per heavy atom. The zero-order valence-corrected chi connectivity index (χ0v) is 15.5. The van der Waals surface area contributed by atoms with E-state index < -0.39 is 0 Å². The lowest BCUT2D eigenvalue weighted by Gasteiger charge is -2.27. The van der Waals surface area contributed by atoms with E-state index in [1.54, 1.807) is 0 Å². The SMILES string of the molecule is CC(C)OCC(=O)N1CCCN(C(=O)CN(C)C2CCCC2)CC1. The Morgan fingerprint density at radius 1 is 1.00 bits per heavy atom. The summed E-state index contributed by atoms with van der Waals surface area (Å²) in [7, 11) is 2.06. The van der Waals surface area contributed by atoms with Gasteiger partial charge in [-0.2, -0.15) is 0 Å². The number of hydrogen-bond acceptors (Lipinski definition) is 4. The van der Waals surface area contributed by atoms with Crippen molar-refractivity contribution in [2.24, 2.45) is 0 Å². The molecule has 1 saturated carbocycles. The molecule has 0 aromatic carbocycles. The maximum absolute atomic E-state index is 12.6. The van der Waals surface area contributed by atoms with E-state index in [0.717, 1.165) is 13.0 Å². The van der Waals surface area contributed by atoms with Gasteiger partial charge in [-0.1, -0.05) is 12.8 Å². The van der Waals surface area contributed by atoms with E-state index in [1.807, 2.05) is 23.6 Å². The lowest BCUT2D eigenvalue weighted by Crippen LogP contribution is -2.44. The summed E-state index contributed by atoms with van der Waals surface area (Å²) < 4.78 is 5.40. The predicted octanol–water partition coefficient (Wildman–Crippen LogP) is 1.35. The Kier molecular flexibility index (Phi) is 7.49. The summed E-state index contributed by atoms with van der Waals surface area (Å²) in [5.74, 6) is 0.221. The summed E-state index contributed by atoms with van der Waals surface area (Å²) in [4.78, 5) is 30.7. The molecular formula is C18H33N3O3. The molecule has 1 aliphatic carbocycles. The fourth-order valence-electron chi connectivity index (χ4n) is 3.53. The first kappa shape index (κ1) is 19.2. The standard InChI is InChI=1S/C18H33N3O3/c1-15(2)24-14-18(23)21-10-6-9-20(11-12-21)17(22)13-19(3)16-7-4-5-8-16/h15-16H,4-14H2,1-3H3. The van der Waals surface area contributed by atoms with E-state index in [9.17, 15) is 9.59 Å². The van der Waals surface area contributed by atoms with E-state index in [-0.39, 0.29) is 24.5 Å². The Bertz CT molecular complexity index is 422. The van der Waals surface area contributed by atoms with Crippen molar-refractivity contribution in [2.45, 2.75) is 58.1 Å². The smallest absolute Gasteiger partial charge is 0.248 e. The topological polar surface area (TPSA) is 53.1 Å². The Balaban J connectivity index is 1.77. The number of amides is 2. The fourth-order valence-corrected chi connectivity index (χ4v) is 3.53. The van der Waals surface area contributed by atoms with Crippen LogP contribution in [0.2, 0.25) is 0 Å². The van der Waals surface area contributed by atoms with Crippen LogP contribution < -0.4 is 0 Å². The molecule has 0 aromatic heterocycles. The van der Waals surface area contributed by atoms with Gasteiger partial charge in [0.2, 0.25) is 11.8 Å². The minimum atomic E-state index is 0.0288. The Hall–Kier alpha value is -1.14. The third kappa shape index (κ3) is 5.74. The number of nitrogens with zero attached hydrogens (tertiary/aromatic N) is 3. The number of rotatable bonds is 6. The van der Waals surface area contributed by atoms with Crippen LogP contribution >= 0.6 is 0 Å². The van der Waals surface area contributed by atoms with Crippen molar-refractivity contribution >= 4 is 11.8 Å². The molecule has 0 spiro atoms. The second-order valence-corrected chi connectivity index (χ2v) is 7.33. The highest BCUT2D eigenvalue weighted by Crippen LogP contribution is 2.22. The van der Waals surface area contributed by atoms with Crippen molar-refractivity contribution in [3.8, 4) is 0 Å². The van der Waals surface area contributed by atoms with Gasteiger partial charge >= 0.3 is 0 Å². The van der Waals surface area contributed by atoms with Gasteiger partial charge < -0.3 is 14.5 Å². The monoisotopic (exact) mass is 339 g/mol. The van der Waals surface area contributed by atoms with Crippen LogP contribution in [-0.4, -0.2) is 85.0 Å². The normalized spacial score (nSPS) is 20.0. The highest BCUT2D eigenvalue weighted by molar-refractivity contribution is 5.79. The molecule has 1 aliphatic heterocycles. The van der Waals surface area contributed by atoms with Gasteiger partial charge in [-0.25, -0.2) is 0 Å². The molecule has 6 heteroatoms. The summed E-state index contributed by atoms with van der Waals surface area (Å²) in [6, 6.07) is 0.562.